The van der Waals surface area contributed by atoms with Crippen molar-refractivity contribution in [2.45, 2.75) is 13.3 Å². The largest absolute Gasteiger partial charge is 0.384 e. The lowest BCUT2D eigenvalue weighted by Gasteiger charge is -2.10. The first-order valence-electron chi connectivity index (χ1n) is 5.91. The summed E-state index contributed by atoms with van der Waals surface area (Å²) in [6.07, 6.45) is 0.946. The van der Waals surface area contributed by atoms with Crippen molar-refractivity contribution < 1.29 is 9.47 Å². The van der Waals surface area contributed by atoms with Gasteiger partial charge in [0.25, 0.3) is 0 Å². The average Bonchev–Trinajstić information content (AvgIpc) is 2.34. The number of hydrogen-bond acceptors (Lipinski definition) is 3. The molecule has 0 saturated heterocycles. The first-order valence-corrected chi connectivity index (χ1v) is 7.08. The Hall–Kier alpha value is -0.290. The first kappa shape index (κ1) is 15.8. The molecule has 0 aromatic heterocycles. The van der Waals surface area contributed by atoms with Crippen LogP contribution in [0.1, 0.15) is 12.0 Å². The lowest BCUT2D eigenvalue weighted by Crippen LogP contribution is -2.08. The van der Waals surface area contributed by atoms with Gasteiger partial charge < -0.3 is 14.8 Å². The molecule has 102 valence electrons. The summed E-state index contributed by atoms with van der Waals surface area (Å²) >= 11 is 9.60. The zero-order valence-corrected chi connectivity index (χ0v) is 13.1. The fraction of sp³-hybridized carbons (Fsp3) is 0.538. The van der Waals surface area contributed by atoms with Crippen LogP contribution in [0.15, 0.2) is 16.6 Å². The molecule has 0 fully saturated rings. The molecular weight excluding hydrogens is 318 g/mol. The summed E-state index contributed by atoms with van der Waals surface area (Å²) < 4.78 is 11.3. The molecule has 0 amide bonds. The van der Waals surface area contributed by atoms with E-state index in [2.05, 4.69) is 21.2 Å². The van der Waals surface area contributed by atoms with Gasteiger partial charge in [0.15, 0.2) is 0 Å². The fourth-order valence-corrected chi connectivity index (χ4v) is 2.19. The number of methoxy groups -OCH3 is 1. The third-order valence-corrected chi connectivity index (χ3v) is 3.52. The zero-order chi connectivity index (χ0) is 13.4. The topological polar surface area (TPSA) is 30.5 Å². The predicted molar refractivity (Wildman–Crippen MR) is 79.7 cm³/mol. The standard InChI is InChI=1S/C13H19BrClNO2/c1-10-8-11(14)13(9-12(10)15)16-4-3-5-18-7-6-17-2/h8-9,16H,3-7H2,1-2H3. The number of benzene rings is 1. The van der Waals surface area contributed by atoms with Crippen LogP contribution in [0.4, 0.5) is 5.69 Å². The fourth-order valence-electron chi connectivity index (χ4n) is 1.42. The van der Waals surface area contributed by atoms with Gasteiger partial charge in [0, 0.05) is 35.4 Å². The lowest BCUT2D eigenvalue weighted by atomic mass is 10.2. The minimum atomic E-state index is 0.645. The van der Waals surface area contributed by atoms with Gasteiger partial charge >= 0.3 is 0 Å². The molecule has 0 radical (unpaired) electrons. The van der Waals surface area contributed by atoms with Crippen molar-refractivity contribution in [3.63, 3.8) is 0 Å². The monoisotopic (exact) mass is 335 g/mol. The van der Waals surface area contributed by atoms with Crippen LogP contribution in [-0.4, -0.2) is 33.5 Å². The molecule has 1 rings (SSSR count). The highest BCUT2D eigenvalue weighted by atomic mass is 79.9. The van der Waals surface area contributed by atoms with E-state index in [1.807, 2.05) is 19.1 Å². The summed E-state index contributed by atoms with van der Waals surface area (Å²) in [6, 6.07) is 3.95. The first-order chi connectivity index (χ1) is 8.65. The number of nitrogens with one attached hydrogen (secondary N) is 1. The highest BCUT2D eigenvalue weighted by Crippen LogP contribution is 2.28. The van der Waals surface area contributed by atoms with Crippen molar-refractivity contribution in [2.75, 3.05) is 38.8 Å². The molecule has 0 aliphatic rings. The van der Waals surface area contributed by atoms with Gasteiger partial charge in [-0.2, -0.15) is 0 Å². The summed E-state index contributed by atoms with van der Waals surface area (Å²) in [5, 5.41) is 4.10. The summed E-state index contributed by atoms with van der Waals surface area (Å²) in [7, 11) is 1.67. The number of aryl methyl sites for hydroxylation is 1. The third kappa shape index (κ3) is 5.57. The molecule has 0 saturated carbocycles. The van der Waals surface area contributed by atoms with E-state index in [0.29, 0.717) is 13.2 Å². The van der Waals surface area contributed by atoms with Gasteiger partial charge in [-0.05, 0) is 47.0 Å². The lowest BCUT2D eigenvalue weighted by molar-refractivity contribution is 0.0705. The number of ether oxygens (including phenoxy) is 2. The van der Waals surface area contributed by atoms with Gasteiger partial charge in [0.05, 0.1) is 13.2 Å². The smallest absolute Gasteiger partial charge is 0.0700 e. The number of hydrogen-bond donors (Lipinski definition) is 1. The molecule has 18 heavy (non-hydrogen) atoms. The molecule has 5 heteroatoms. The van der Waals surface area contributed by atoms with Crippen molar-refractivity contribution in [1.29, 1.82) is 0 Å². The zero-order valence-electron chi connectivity index (χ0n) is 10.8. The van der Waals surface area contributed by atoms with Crippen molar-refractivity contribution >= 4 is 33.2 Å². The van der Waals surface area contributed by atoms with Gasteiger partial charge in [-0.15, -0.1) is 0 Å². The van der Waals surface area contributed by atoms with E-state index in [-0.39, 0.29) is 0 Å². The van der Waals surface area contributed by atoms with Crippen LogP contribution in [0.5, 0.6) is 0 Å². The molecule has 0 spiro atoms. The van der Waals surface area contributed by atoms with Crippen molar-refractivity contribution in [1.82, 2.24) is 0 Å². The minimum Gasteiger partial charge on any atom is -0.384 e. The second-order valence-electron chi connectivity index (χ2n) is 3.97. The quantitative estimate of drug-likeness (QED) is 0.731. The van der Waals surface area contributed by atoms with Gasteiger partial charge in [-0.25, -0.2) is 0 Å². The Morgan fingerprint density at radius 2 is 2.06 bits per heavy atom. The van der Waals surface area contributed by atoms with Crippen LogP contribution in [-0.2, 0) is 9.47 Å². The molecule has 0 aliphatic heterocycles. The maximum Gasteiger partial charge on any atom is 0.0700 e. The number of rotatable bonds is 8. The maximum absolute atomic E-state index is 6.08. The van der Waals surface area contributed by atoms with Crippen LogP contribution < -0.4 is 5.32 Å². The van der Waals surface area contributed by atoms with Crippen LogP contribution in [0.25, 0.3) is 0 Å². The summed E-state index contributed by atoms with van der Waals surface area (Å²) in [4.78, 5) is 0. The second kappa shape index (κ2) is 8.75. The van der Waals surface area contributed by atoms with Gasteiger partial charge in [-0.3, -0.25) is 0 Å². The van der Waals surface area contributed by atoms with Crippen molar-refractivity contribution in [3.05, 3.63) is 27.2 Å². The minimum absolute atomic E-state index is 0.645. The van der Waals surface area contributed by atoms with E-state index in [9.17, 15) is 0 Å². The molecule has 3 nitrogen and oxygen atoms in total. The average molecular weight is 337 g/mol. The third-order valence-electron chi connectivity index (χ3n) is 2.46. The Labute approximate surface area is 122 Å². The van der Waals surface area contributed by atoms with Crippen LogP contribution in [0.3, 0.4) is 0 Å². The summed E-state index contributed by atoms with van der Waals surface area (Å²) in [5.74, 6) is 0. The molecular formula is C13H19BrClNO2. The van der Waals surface area contributed by atoms with Gasteiger partial charge in [0.2, 0.25) is 0 Å². The maximum atomic E-state index is 6.08. The Balaban J connectivity index is 2.25. The van der Waals surface area contributed by atoms with Gasteiger partial charge in [-0.1, -0.05) is 11.6 Å². The molecule has 0 bridgehead atoms. The summed E-state index contributed by atoms with van der Waals surface area (Å²) in [6.45, 7) is 4.86. The Morgan fingerprint density at radius 1 is 1.28 bits per heavy atom. The molecule has 0 atom stereocenters. The molecule has 0 heterocycles. The number of anilines is 1. The highest BCUT2D eigenvalue weighted by molar-refractivity contribution is 9.10. The Kier molecular flexibility index (Phi) is 7.66. The van der Waals surface area contributed by atoms with Crippen molar-refractivity contribution in [3.8, 4) is 0 Å². The van der Waals surface area contributed by atoms with Crippen LogP contribution >= 0.6 is 27.5 Å². The van der Waals surface area contributed by atoms with Crippen molar-refractivity contribution in [2.24, 2.45) is 0 Å². The SMILES string of the molecule is COCCOCCCNc1cc(Cl)c(C)cc1Br. The van der Waals surface area contributed by atoms with E-state index < -0.39 is 0 Å². The number of halogens is 2. The van der Waals surface area contributed by atoms with E-state index >= 15 is 0 Å². The van der Waals surface area contributed by atoms with E-state index in [1.54, 1.807) is 7.11 Å². The Morgan fingerprint density at radius 3 is 2.78 bits per heavy atom. The normalized spacial score (nSPS) is 10.7. The van der Waals surface area contributed by atoms with E-state index in [4.69, 9.17) is 21.1 Å². The molecule has 1 N–H and O–H groups in total. The van der Waals surface area contributed by atoms with Crippen LogP contribution in [0.2, 0.25) is 5.02 Å². The van der Waals surface area contributed by atoms with Gasteiger partial charge in [0.1, 0.15) is 0 Å². The van der Waals surface area contributed by atoms with Crippen LogP contribution in [0, 0.1) is 6.92 Å². The summed E-state index contributed by atoms with van der Waals surface area (Å²) in [5.41, 5.74) is 2.08. The second-order valence-corrected chi connectivity index (χ2v) is 5.23. The van der Waals surface area contributed by atoms with E-state index in [1.165, 1.54) is 0 Å². The van der Waals surface area contributed by atoms with E-state index in [0.717, 1.165) is 40.3 Å². The predicted octanol–water partition coefficient (Wildman–Crippen LogP) is 3.88. The molecule has 0 unspecified atom stereocenters. The highest BCUT2D eigenvalue weighted by Gasteiger charge is 2.03. The Bertz CT molecular complexity index is 374. The molecule has 1 aromatic rings. The molecule has 1 aromatic carbocycles. The molecule has 0 aliphatic carbocycles.